The predicted octanol–water partition coefficient (Wildman–Crippen LogP) is 2.26. The molecule has 1 amide bonds. The molecule has 2 aromatic rings. The van der Waals surface area contributed by atoms with Crippen LogP contribution in [0.4, 0.5) is 5.69 Å². The van der Waals surface area contributed by atoms with E-state index >= 15 is 0 Å². The van der Waals surface area contributed by atoms with Crippen molar-refractivity contribution in [1.29, 1.82) is 0 Å². The minimum atomic E-state index is -0.415. The summed E-state index contributed by atoms with van der Waals surface area (Å²) in [6.45, 7) is 3.62. The highest BCUT2D eigenvalue weighted by Crippen LogP contribution is 2.32. The zero-order valence-electron chi connectivity index (χ0n) is 16.4. The van der Waals surface area contributed by atoms with Crippen molar-refractivity contribution >= 4 is 17.6 Å². The van der Waals surface area contributed by atoms with E-state index in [1.165, 1.54) is 0 Å². The van der Waals surface area contributed by atoms with E-state index < -0.39 is 6.04 Å². The largest absolute Gasteiger partial charge is 0.495 e. The molecule has 1 unspecified atom stereocenters. The summed E-state index contributed by atoms with van der Waals surface area (Å²) in [7, 11) is 3.75. The van der Waals surface area contributed by atoms with Crippen molar-refractivity contribution in [2.45, 2.75) is 12.5 Å². The normalized spacial score (nSPS) is 20.4. The van der Waals surface area contributed by atoms with Gasteiger partial charge in [-0.1, -0.05) is 42.5 Å². The smallest absolute Gasteiger partial charge is 0.259 e. The van der Waals surface area contributed by atoms with Crippen LogP contribution in [0.5, 0.6) is 5.75 Å². The average molecular weight is 378 g/mol. The molecule has 1 saturated heterocycles. The first-order valence-corrected chi connectivity index (χ1v) is 9.69. The maximum atomic E-state index is 13.4. The first kappa shape index (κ1) is 18.5. The Labute approximate surface area is 166 Å². The standard InChI is InChI=1S/C22H26N4O2/c1-24-12-14-25(15-13-24)22-23-18(16-17-8-4-3-5-9-17)21(27)26(22)19-10-6-7-11-20(19)28-2/h3-11,18H,12-16H2,1-2H3. The van der Waals surface area contributed by atoms with Gasteiger partial charge in [0.2, 0.25) is 5.96 Å². The molecule has 2 heterocycles. The van der Waals surface area contributed by atoms with Crippen molar-refractivity contribution in [2.24, 2.45) is 4.99 Å². The SMILES string of the molecule is COc1ccccc1N1C(=O)C(Cc2ccccc2)N=C1N1CCN(C)CC1. The van der Waals surface area contributed by atoms with Crippen LogP contribution in [0.2, 0.25) is 0 Å². The molecule has 0 bridgehead atoms. The summed E-state index contributed by atoms with van der Waals surface area (Å²) in [5, 5.41) is 0. The van der Waals surface area contributed by atoms with Crippen molar-refractivity contribution in [1.82, 2.24) is 9.80 Å². The molecule has 0 aliphatic carbocycles. The summed E-state index contributed by atoms with van der Waals surface area (Å²) in [5.41, 5.74) is 1.87. The lowest BCUT2D eigenvalue weighted by Gasteiger charge is -2.36. The van der Waals surface area contributed by atoms with Gasteiger partial charge in [0.15, 0.2) is 0 Å². The summed E-state index contributed by atoms with van der Waals surface area (Å²) in [5.74, 6) is 1.42. The number of hydrogen-bond donors (Lipinski definition) is 0. The topological polar surface area (TPSA) is 48.4 Å². The second-order valence-corrected chi connectivity index (χ2v) is 7.27. The van der Waals surface area contributed by atoms with Gasteiger partial charge in [0.1, 0.15) is 11.8 Å². The third-order valence-electron chi connectivity index (χ3n) is 5.36. The number of rotatable bonds is 4. The molecule has 2 aliphatic heterocycles. The van der Waals surface area contributed by atoms with Crippen LogP contribution >= 0.6 is 0 Å². The highest BCUT2D eigenvalue weighted by molar-refractivity contribution is 6.22. The number of carbonyl (C=O) groups is 1. The molecule has 0 saturated carbocycles. The number of ether oxygens (including phenoxy) is 1. The van der Waals surface area contributed by atoms with E-state index in [9.17, 15) is 4.79 Å². The van der Waals surface area contributed by atoms with Crippen LogP contribution in [0.15, 0.2) is 59.6 Å². The Bertz CT molecular complexity index is 860. The van der Waals surface area contributed by atoms with E-state index in [1.807, 2.05) is 54.6 Å². The number of carbonyl (C=O) groups excluding carboxylic acids is 1. The lowest BCUT2D eigenvalue weighted by molar-refractivity contribution is -0.118. The first-order chi connectivity index (χ1) is 13.7. The Kier molecular flexibility index (Phi) is 5.30. The van der Waals surface area contributed by atoms with Gasteiger partial charge in [0.25, 0.3) is 5.91 Å². The third kappa shape index (κ3) is 3.60. The molecular formula is C22H26N4O2. The molecule has 6 nitrogen and oxygen atoms in total. The molecule has 6 heteroatoms. The molecule has 4 rings (SSSR count). The molecular weight excluding hydrogens is 352 g/mol. The van der Waals surface area contributed by atoms with Gasteiger partial charge >= 0.3 is 0 Å². The zero-order valence-corrected chi connectivity index (χ0v) is 16.4. The fraction of sp³-hybridized carbons (Fsp3) is 0.364. The van der Waals surface area contributed by atoms with Gasteiger partial charge in [0.05, 0.1) is 12.8 Å². The van der Waals surface area contributed by atoms with Crippen LogP contribution in [0.3, 0.4) is 0 Å². The summed E-state index contributed by atoms with van der Waals surface area (Å²) in [4.78, 5) is 24.6. The van der Waals surface area contributed by atoms with Gasteiger partial charge in [-0.3, -0.25) is 4.79 Å². The van der Waals surface area contributed by atoms with Crippen molar-refractivity contribution in [2.75, 3.05) is 45.2 Å². The fourth-order valence-corrected chi connectivity index (χ4v) is 3.74. The molecule has 28 heavy (non-hydrogen) atoms. The van der Waals surface area contributed by atoms with Crippen molar-refractivity contribution in [3.63, 3.8) is 0 Å². The Balaban J connectivity index is 1.68. The number of likely N-dealkylation sites (N-methyl/N-ethyl adjacent to an activating group) is 1. The van der Waals surface area contributed by atoms with Crippen LogP contribution < -0.4 is 9.64 Å². The number of hydrogen-bond acceptors (Lipinski definition) is 5. The molecule has 0 aromatic heterocycles. The number of para-hydroxylation sites is 2. The number of nitrogens with zero attached hydrogens (tertiary/aromatic N) is 4. The van der Waals surface area contributed by atoms with E-state index in [4.69, 9.17) is 9.73 Å². The number of anilines is 1. The van der Waals surface area contributed by atoms with Crippen LogP contribution in [0.1, 0.15) is 5.56 Å². The summed E-state index contributed by atoms with van der Waals surface area (Å²) < 4.78 is 5.54. The summed E-state index contributed by atoms with van der Waals surface area (Å²) in [6, 6.07) is 17.3. The quantitative estimate of drug-likeness (QED) is 0.819. The van der Waals surface area contributed by atoms with Gasteiger partial charge < -0.3 is 14.5 Å². The van der Waals surface area contributed by atoms with Crippen molar-refractivity contribution < 1.29 is 9.53 Å². The number of guanidine groups is 1. The second-order valence-electron chi connectivity index (χ2n) is 7.27. The van der Waals surface area contributed by atoms with E-state index in [2.05, 4.69) is 16.8 Å². The monoisotopic (exact) mass is 378 g/mol. The number of piperazine rings is 1. The summed E-state index contributed by atoms with van der Waals surface area (Å²) in [6.07, 6.45) is 0.600. The van der Waals surface area contributed by atoms with Crippen LogP contribution in [0.25, 0.3) is 0 Å². The molecule has 0 N–H and O–H groups in total. The van der Waals surface area contributed by atoms with Gasteiger partial charge in [-0.2, -0.15) is 0 Å². The Morgan fingerprint density at radius 1 is 1.00 bits per heavy atom. The van der Waals surface area contributed by atoms with Crippen LogP contribution in [0, 0.1) is 0 Å². The first-order valence-electron chi connectivity index (χ1n) is 9.69. The maximum Gasteiger partial charge on any atom is 0.259 e. The lowest BCUT2D eigenvalue weighted by Crippen LogP contribution is -2.52. The number of amides is 1. The minimum Gasteiger partial charge on any atom is -0.495 e. The van der Waals surface area contributed by atoms with Gasteiger partial charge in [-0.15, -0.1) is 0 Å². The molecule has 146 valence electrons. The third-order valence-corrected chi connectivity index (χ3v) is 5.36. The molecule has 1 fully saturated rings. The molecule has 2 aliphatic rings. The molecule has 0 radical (unpaired) electrons. The zero-order chi connectivity index (χ0) is 19.5. The molecule has 1 atom stereocenters. The minimum absolute atomic E-state index is 0.00211. The predicted molar refractivity (Wildman–Crippen MR) is 111 cm³/mol. The van der Waals surface area contributed by atoms with Crippen molar-refractivity contribution in [3.05, 3.63) is 60.2 Å². The maximum absolute atomic E-state index is 13.4. The Hall–Kier alpha value is -2.86. The number of methoxy groups -OCH3 is 1. The van der Waals surface area contributed by atoms with Gasteiger partial charge in [0, 0.05) is 32.6 Å². The highest BCUT2D eigenvalue weighted by atomic mass is 16.5. The van der Waals surface area contributed by atoms with Crippen LogP contribution in [-0.2, 0) is 11.2 Å². The van der Waals surface area contributed by atoms with Crippen LogP contribution in [-0.4, -0.2) is 68.0 Å². The van der Waals surface area contributed by atoms with Crippen molar-refractivity contribution in [3.8, 4) is 5.75 Å². The Morgan fingerprint density at radius 2 is 1.68 bits per heavy atom. The average Bonchev–Trinajstić information content (AvgIpc) is 3.05. The van der Waals surface area contributed by atoms with E-state index in [0.717, 1.165) is 43.4 Å². The second kappa shape index (κ2) is 8.02. The fourth-order valence-electron chi connectivity index (χ4n) is 3.74. The van der Waals surface area contributed by atoms with E-state index in [1.54, 1.807) is 12.0 Å². The van der Waals surface area contributed by atoms with Gasteiger partial charge in [-0.05, 0) is 24.7 Å². The number of aliphatic imine (C=N–C) groups is 1. The number of benzene rings is 2. The van der Waals surface area contributed by atoms with Gasteiger partial charge in [-0.25, -0.2) is 9.89 Å². The summed E-state index contributed by atoms with van der Waals surface area (Å²) >= 11 is 0. The molecule has 2 aromatic carbocycles. The van der Waals surface area contributed by atoms with E-state index in [0.29, 0.717) is 12.2 Å². The van der Waals surface area contributed by atoms with E-state index in [-0.39, 0.29) is 5.91 Å². The highest BCUT2D eigenvalue weighted by Gasteiger charge is 2.40. The molecule has 0 spiro atoms. The lowest BCUT2D eigenvalue weighted by atomic mass is 10.1. The Morgan fingerprint density at radius 3 is 2.39 bits per heavy atom.